The highest BCUT2D eigenvalue weighted by atomic mass is 32.2. The normalized spacial score (nSPS) is 15.3. The van der Waals surface area contributed by atoms with Crippen LogP contribution in [0, 0.1) is 10.1 Å². The van der Waals surface area contributed by atoms with Crippen molar-refractivity contribution in [2.75, 3.05) is 38.8 Å². The van der Waals surface area contributed by atoms with Gasteiger partial charge in [-0.1, -0.05) is 12.1 Å². The zero-order valence-electron chi connectivity index (χ0n) is 15.6. The Morgan fingerprint density at radius 3 is 2.69 bits per heavy atom. The maximum Gasteiger partial charge on any atom is 0.295 e. The summed E-state index contributed by atoms with van der Waals surface area (Å²) in [7, 11) is -2.29. The van der Waals surface area contributed by atoms with E-state index in [2.05, 4.69) is 10.5 Å². The monoisotopic (exact) mass is 420 g/mol. The molecule has 0 aliphatic carbocycles. The molecule has 1 aliphatic rings. The lowest BCUT2D eigenvalue weighted by molar-refractivity contribution is -0.384. The fourth-order valence-corrected chi connectivity index (χ4v) is 4.18. The molecule has 0 saturated carbocycles. The third-order valence-electron chi connectivity index (χ3n) is 4.27. The van der Waals surface area contributed by atoms with Crippen LogP contribution in [0.25, 0.3) is 0 Å². The average molecular weight is 420 g/mol. The number of hydrazone groups is 1. The first-order valence-electron chi connectivity index (χ1n) is 8.71. The number of rotatable bonds is 7. The van der Waals surface area contributed by atoms with Crippen molar-refractivity contribution in [1.29, 1.82) is 0 Å². The number of nitrogens with zero attached hydrogens (tertiary/aromatic N) is 3. The molecule has 0 aromatic heterocycles. The van der Waals surface area contributed by atoms with Crippen molar-refractivity contribution in [1.82, 2.24) is 4.31 Å². The number of sulfonamides is 1. The molecule has 0 atom stereocenters. The summed E-state index contributed by atoms with van der Waals surface area (Å²) >= 11 is 0. The Balaban J connectivity index is 1.82. The second kappa shape index (κ2) is 8.99. The molecule has 2 aromatic rings. The number of hydrogen-bond donors (Lipinski definition) is 1. The van der Waals surface area contributed by atoms with Crippen LogP contribution in [0.4, 0.5) is 11.4 Å². The van der Waals surface area contributed by atoms with Gasteiger partial charge in [-0.2, -0.15) is 9.41 Å². The molecule has 154 valence electrons. The molecular formula is C18H20N4O6S. The average Bonchev–Trinajstić information content (AvgIpc) is 2.74. The van der Waals surface area contributed by atoms with Gasteiger partial charge in [-0.25, -0.2) is 8.42 Å². The minimum atomic E-state index is -3.84. The lowest BCUT2D eigenvalue weighted by Crippen LogP contribution is -2.40. The van der Waals surface area contributed by atoms with Crippen LogP contribution in [0.3, 0.4) is 0 Å². The van der Waals surface area contributed by atoms with Crippen LogP contribution in [-0.4, -0.2) is 57.3 Å². The Morgan fingerprint density at radius 1 is 1.24 bits per heavy atom. The van der Waals surface area contributed by atoms with Gasteiger partial charge in [-0.15, -0.1) is 0 Å². The Hall–Kier alpha value is -3.02. The summed E-state index contributed by atoms with van der Waals surface area (Å²) in [6.07, 6.45) is 1.48. The minimum Gasteiger partial charge on any atom is -0.497 e. The minimum absolute atomic E-state index is 0.0788. The SMILES string of the molecule is COc1cccc(/C=N/Nc2ccc(S(=O)(=O)N3CCOCC3)cc2[N+](=O)[O-])c1. The molecule has 0 amide bonds. The Kier molecular flexibility index (Phi) is 6.42. The second-order valence-corrected chi connectivity index (χ2v) is 8.04. The summed E-state index contributed by atoms with van der Waals surface area (Å²) in [5.41, 5.74) is 3.02. The van der Waals surface area contributed by atoms with Gasteiger partial charge in [0.2, 0.25) is 10.0 Å². The number of morpholine rings is 1. The zero-order chi connectivity index (χ0) is 20.9. The van der Waals surface area contributed by atoms with Crippen LogP contribution < -0.4 is 10.2 Å². The van der Waals surface area contributed by atoms with E-state index in [1.807, 2.05) is 0 Å². The van der Waals surface area contributed by atoms with Crippen molar-refractivity contribution in [2.45, 2.75) is 4.90 Å². The molecule has 0 bridgehead atoms. The Labute approximate surface area is 167 Å². The molecule has 1 aliphatic heterocycles. The fraction of sp³-hybridized carbons (Fsp3) is 0.278. The van der Waals surface area contributed by atoms with Gasteiger partial charge in [0.1, 0.15) is 11.4 Å². The molecule has 2 aromatic carbocycles. The Morgan fingerprint density at radius 2 is 2.00 bits per heavy atom. The predicted octanol–water partition coefficient (Wildman–Crippen LogP) is 2.07. The van der Waals surface area contributed by atoms with Gasteiger partial charge in [0, 0.05) is 19.2 Å². The van der Waals surface area contributed by atoms with Crippen LogP contribution in [0.15, 0.2) is 52.5 Å². The third kappa shape index (κ3) is 4.88. The van der Waals surface area contributed by atoms with Crippen LogP contribution >= 0.6 is 0 Å². The third-order valence-corrected chi connectivity index (χ3v) is 6.16. The molecule has 1 fully saturated rings. The van der Waals surface area contributed by atoms with Crippen LogP contribution in [-0.2, 0) is 14.8 Å². The molecular weight excluding hydrogens is 400 g/mol. The summed E-state index contributed by atoms with van der Waals surface area (Å²) in [4.78, 5) is 10.7. The van der Waals surface area contributed by atoms with E-state index in [0.29, 0.717) is 19.0 Å². The lowest BCUT2D eigenvalue weighted by atomic mass is 10.2. The summed E-state index contributed by atoms with van der Waals surface area (Å²) in [5, 5.41) is 15.5. The van der Waals surface area contributed by atoms with Gasteiger partial charge >= 0.3 is 0 Å². The highest BCUT2D eigenvalue weighted by molar-refractivity contribution is 7.89. The van der Waals surface area contributed by atoms with Gasteiger partial charge < -0.3 is 9.47 Å². The largest absolute Gasteiger partial charge is 0.497 e. The maximum absolute atomic E-state index is 12.7. The standard InChI is InChI=1S/C18H20N4O6S/c1-27-15-4-2-3-14(11-15)13-19-20-17-6-5-16(12-18(17)22(23)24)29(25,26)21-7-9-28-10-8-21/h2-6,11-13,20H,7-10H2,1H3/b19-13+. The molecule has 1 saturated heterocycles. The number of nitrogens with one attached hydrogen (secondary N) is 1. The molecule has 0 spiro atoms. The van der Waals surface area contributed by atoms with Crippen LogP contribution in [0.2, 0.25) is 0 Å². The van der Waals surface area contributed by atoms with E-state index in [-0.39, 0.29) is 29.4 Å². The lowest BCUT2D eigenvalue weighted by Gasteiger charge is -2.26. The summed E-state index contributed by atoms with van der Waals surface area (Å²) < 4.78 is 37.0. The smallest absolute Gasteiger partial charge is 0.295 e. The van der Waals surface area contributed by atoms with E-state index in [0.717, 1.165) is 11.6 Å². The first kappa shape index (κ1) is 20.7. The first-order valence-corrected chi connectivity index (χ1v) is 10.2. The van der Waals surface area contributed by atoms with Crippen LogP contribution in [0.1, 0.15) is 5.56 Å². The molecule has 3 rings (SSSR count). The van der Waals surface area contributed by atoms with Gasteiger partial charge in [0.05, 0.1) is 36.4 Å². The summed E-state index contributed by atoms with van der Waals surface area (Å²) in [5.74, 6) is 0.651. The molecule has 0 unspecified atom stereocenters. The van der Waals surface area contributed by atoms with Gasteiger partial charge in [0.25, 0.3) is 5.69 Å². The van der Waals surface area contributed by atoms with Crippen molar-refractivity contribution in [3.63, 3.8) is 0 Å². The second-order valence-electron chi connectivity index (χ2n) is 6.10. The number of anilines is 1. The van der Waals surface area contributed by atoms with E-state index < -0.39 is 14.9 Å². The maximum atomic E-state index is 12.7. The molecule has 0 radical (unpaired) electrons. The summed E-state index contributed by atoms with van der Waals surface area (Å²) in [6.45, 7) is 1.00. The number of methoxy groups -OCH3 is 1. The summed E-state index contributed by atoms with van der Waals surface area (Å²) in [6, 6.07) is 10.8. The van der Waals surface area contributed by atoms with E-state index in [9.17, 15) is 18.5 Å². The van der Waals surface area contributed by atoms with Gasteiger partial charge in [-0.3, -0.25) is 15.5 Å². The number of nitro benzene ring substituents is 1. The first-order chi connectivity index (χ1) is 13.9. The number of hydrogen-bond acceptors (Lipinski definition) is 8. The van der Waals surface area contributed by atoms with Crippen LogP contribution in [0.5, 0.6) is 5.75 Å². The molecule has 1 N–H and O–H groups in total. The van der Waals surface area contributed by atoms with Gasteiger partial charge in [-0.05, 0) is 29.8 Å². The van der Waals surface area contributed by atoms with Crippen molar-refractivity contribution < 1.29 is 22.8 Å². The van der Waals surface area contributed by atoms with E-state index >= 15 is 0 Å². The topological polar surface area (TPSA) is 123 Å². The molecule has 11 heteroatoms. The number of ether oxygens (including phenoxy) is 2. The quantitative estimate of drug-likeness (QED) is 0.413. The Bertz CT molecular complexity index is 1020. The molecule has 1 heterocycles. The van der Waals surface area contributed by atoms with Crippen molar-refractivity contribution in [3.8, 4) is 5.75 Å². The molecule has 29 heavy (non-hydrogen) atoms. The van der Waals surface area contributed by atoms with E-state index in [4.69, 9.17) is 9.47 Å². The van der Waals surface area contributed by atoms with Crippen molar-refractivity contribution in [2.24, 2.45) is 5.10 Å². The van der Waals surface area contributed by atoms with Gasteiger partial charge in [0.15, 0.2) is 0 Å². The van der Waals surface area contributed by atoms with E-state index in [1.165, 1.54) is 22.7 Å². The predicted molar refractivity (Wildman–Crippen MR) is 107 cm³/mol. The van der Waals surface area contributed by atoms with Crippen molar-refractivity contribution >= 4 is 27.6 Å². The number of benzene rings is 2. The number of nitro groups is 1. The highest BCUT2D eigenvalue weighted by Gasteiger charge is 2.28. The zero-order valence-corrected chi connectivity index (χ0v) is 16.5. The van der Waals surface area contributed by atoms with Crippen molar-refractivity contribution in [3.05, 3.63) is 58.1 Å². The molecule has 10 nitrogen and oxygen atoms in total. The highest BCUT2D eigenvalue weighted by Crippen LogP contribution is 2.29. The van der Waals surface area contributed by atoms with E-state index in [1.54, 1.807) is 31.4 Å². The fourth-order valence-electron chi connectivity index (χ4n) is 2.75.